The number of benzene rings is 1. The third-order valence-corrected chi connectivity index (χ3v) is 5.56. The molecule has 0 aliphatic carbocycles. The summed E-state index contributed by atoms with van der Waals surface area (Å²) in [6, 6.07) is 5.43. The molecule has 0 unspecified atom stereocenters. The molecule has 0 aliphatic heterocycles. The zero-order valence-corrected chi connectivity index (χ0v) is 16.5. The molecule has 0 radical (unpaired) electrons. The van der Waals surface area contributed by atoms with Crippen molar-refractivity contribution in [1.82, 2.24) is 10.6 Å². The third kappa shape index (κ3) is 7.78. The van der Waals surface area contributed by atoms with E-state index in [1.54, 1.807) is 18.2 Å². The molecule has 27 heavy (non-hydrogen) atoms. The van der Waals surface area contributed by atoms with Crippen LogP contribution in [0.25, 0.3) is 0 Å². The van der Waals surface area contributed by atoms with Gasteiger partial charge in [0.05, 0.1) is 10.6 Å². The van der Waals surface area contributed by atoms with Crippen molar-refractivity contribution in [3.8, 4) is 0 Å². The van der Waals surface area contributed by atoms with Crippen molar-refractivity contribution in [1.29, 1.82) is 0 Å². The molecule has 0 bridgehead atoms. The normalized spacial score (nSPS) is 13.6. The summed E-state index contributed by atoms with van der Waals surface area (Å²) >= 11 is 0. The number of aliphatic carboxylic acids is 1. The molecular weight excluding hydrogens is 372 g/mol. The molecule has 0 fully saturated rings. The van der Waals surface area contributed by atoms with E-state index in [1.807, 2.05) is 13.8 Å². The van der Waals surface area contributed by atoms with Gasteiger partial charge in [-0.25, -0.2) is 13.2 Å². The first-order chi connectivity index (χ1) is 12.5. The number of hydrogen-bond acceptors (Lipinski definition) is 5. The van der Waals surface area contributed by atoms with Crippen LogP contribution in [0.5, 0.6) is 0 Å². The first kappa shape index (κ1) is 22.6. The van der Waals surface area contributed by atoms with Gasteiger partial charge in [0, 0.05) is 6.92 Å². The Morgan fingerprint density at radius 1 is 1.04 bits per heavy atom. The number of carboxylic acid groups (broad SMARTS) is 1. The topological polar surface area (TPSA) is 130 Å². The van der Waals surface area contributed by atoms with Gasteiger partial charge in [0.2, 0.25) is 11.8 Å². The average molecular weight is 398 g/mol. The van der Waals surface area contributed by atoms with Crippen molar-refractivity contribution >= 4 is 27.6 Å². The van der Waals surface area contributed by atoms with Crippen LogP contribution in [0.15, 0.2) is 35.2 Å². The van der Waals surface area contributed by atoms with E-state index in [-0.39, 0.29) is 17.2 Å². The van der Waals surface area contributed by atoms with E-state index in [1.165, 1.54) is 19.1 Å². The Balaban J connectivity index is 2.82. The molecular formula is C18H26N2O6S. The van der Waals surface area contributed by atoms with Crippen molar-refractivity contribution in [2.24, 2.45) is 5.92 Å². The Morgan fingerprint density at radius 3 is 2.11 bits per heavy atom. The van der Waals surface area contributed by atoms with Gasteiger partial charge < -0.3 is 15.7 Å². The number of nitrogens with one attached hydrogen (secondary N) is 2. The molecule has 0 saturated carbocycles. The van der Waals surface area contributed by atoms with E-state index in [9.17, 15) is 27.9 Å². The minimum Gasteiger partial charge on any atom is -0.480 e. The van der Waals surface area contributed by atoms with Gasteiger partial charge in [0.25, 0.3) is 0 Å². The second-order valence-electron chi connectivity index (χ2n) is 6.70. The predicted molar refractivity (Wildman–Crippen MR) is 99.7 cm³/mol. The lowest BCUT2D eigenvalue weighted by atomic mass is 10.0. The highest BCUT2D eigenvalue weighted by atomic mass is 32.2. The molecule has 1 rings (SSSR count). The first-order valence-corrected chi connectivity index (χ1v) is 10.3. The molecule has 2 atom stereocenters. The van der Waals surface area contributed by atoms with Crippen LogP contribution in [0, 0.1) is 5.92 Å². The molecule has 0 saturated heterocycles. The molecule has 0 spiro atoms. The average Bonchev–Trinajstić information content (AvgIpc) is 2.57. The number of carbonyl (C=O) groups is 3. The molecule has 1 aromatic rings. The summed E-state index contributed by atoms with van der Waals surface area (Å²) in [5.74, 6) is -2.73. The van der Waals surface area contributed by atoms with E-state index < -0.39 is 45.5 Å². The Morgan fingerprint density at radius 2 is 1.63 bits per heavy atom. The highest BCUT2D eigenvalue weighted by molar-refractivity contribution is 7.91. The maximum absolute atomic E-state index is 12.4. The van der Waals surface area contributed by atoms with Crippen molar-refractivity contribution in [3.05, 3.63) is 30.3 Å². The lowest BCUT2D eigenvalue weighted by Crippen LogP contribution is -2.52. The highest BCUT2D eigenvalue weighted by Crippen LogP contribution is 2.13. The standard InChI is InChI=1S/C18H26N2O6S/c1-12(2)11-16(19-13(3)21)17(22)20-15(18(23)24)9-10-27(25,26)14-7-5-4-6-8-14/h4-8,12,15-16H,9-11H2,1-3H3,(H,19,21)(H,20,22)(H,23,24)/t15-,16-/m0/s1. The minimum atomic E-state index is -3.67. The Hall–Kier alpha value is -2.42. The number of carboxylic acids is 1. The number of sulfone groups is 1. The molecule has 0 aliphatic rings. The van der Waals surface area contributed by atoms with Crippen molar-refractivity contribution < 1.29 is 27.9 Å². The van der Waals surface area contributed by atoms with Gasteiger partial charge in [-0.05, 0) is 30.9 Å². The maximum Gasteiger partial charge on any atom is 0.326 e. The van der Waals surface area contributed by atoms with Gasteiger partial charge in [0.1, 0.15) is 12.1 Å². The second kappa shape index (κ2) is 10.1. The van der Waals surface area contributed by atoms with Crippen molar-refractivity contribution in [2.45, 2.75) is 50.6 Å². The molecule has 3 N–H and O–H groups in total. The Labute approximate surface area is 159 Å². The lowest BCUT2D eigenvalue weighted by Gasteiger charge is -2.22. The van der Waals surface area contributed by atoms with E-state index >= 15 is 0 Å². The van der Waals surface area contributed by atoms with Gasteiger partial charge in [0.15, 0.2) is 9.84 Å². The maximum atomic E-state index is 12.4. The van der Waals surface area contributed by atoms with Crippen molar-refractivity contribution in [2.75, 3.05) is 5.75 Å². The van der Waals surface area contributed by atoms with Crippen molar-refractivity contribution in [3.63, 3.8) is 0 Å². The second-order valence-corrected chi connectivity index (χ2v) is 8.81. The molecule has 150 valence electrons. The summed E-state index contributed by atoms with van der Waals surface area (Å²) < 4.78 is 24.6. The fraction of sp³-hybridized carbons (Fsp3) is 0.500. The number of rotatable bonds is 10. The predicted octanol–water partition coefficient (Wildman–Crippen LogP) is 0.971. The molecule has 0 aromatic heterocycles. The number of amides is 2. The highest BCUT2D eigenvalue weighted by Gasteiger charge is 2.28. The van der Waals surface area contributed by atoms with E-state index in [4.69, 9.17) is 0 Å². The van der Waals surface area contributed by atoms with Crippen LogP contribution < -0.4 is 10.6 Å². The summed E-state index contributed by atoms with van der Waals surface area (Å²) in [4.78, 5) is 35.2. The summed E-state index contributed by atoms with van der Waals surface area (Å²) in [5, 5.41) is 14.2. The Bertz CT molecular complexity index is 761. The number of hydrogen-bond donors (Lipinski definition) is 3. The van der Waals surface area contributed by atoms with Crippen LogP contribution in [0.3, 0.4) is 0 Å². The molecule has 8 nitrogen and oxygen atoms in total. The smallest absolute Gasteiger partial charge is 0.326 e. The minimum absolute atomic E-state index is 0.0920. The van der Waals surface area contributed by atoms with Gasteiger partial charge in [-0.15, -0.1) is 0 Å². The largest absolute Gasteiger partial charge is 0.480 e. The van der Waals surface area contributed by atoms with Crippen LogP contribution in [0.4, 0.5) is 0 Å². The first-order valence-electron chi connectivity index (χ1n) is 8.61. The molecule has 0 heterocycles. The third-order valence-electron chi connectivity index (χ3n) is 3.79. The quantitative estimate of drug-likeness (QED) is 0.538. The lowest BCUT2D eigenvalue weighted by molar-refractivity contribution is -0.142. The fourth-order valence-corrected chi connectivity index (χ4v) is 3.85. The van der Waals surface area contributed by atoms with Gasteiger partial charge in [-0.3, -0.25) is 9.59 Å². The summed E-state index contributed by atoms with van der Waals surface area (Å²) in [7, 11) is -3.67. The fourth-order valence-electron chi connectivity index (χ4n) is 2.50. The molecule has 2 amide bonds. The van der Waals surface area contributed by atoms with E-state index in [0.717, 1.165) is 0 Å². The zero-order valence-electron chi connectivity index (χ0n) is 15.6. The SMILES string of the molecule is CC(=O)N[C@@H](CC(C)C)C(=O)N[C@@H](CCS(=O)(=O)c1ccccc1)C(=O)O. The summed E-state index contributed by atoms with van der Waals surface area (Å²) in [6.07, 6.45) is 0.0484. The van der Waals surface area contributed by atoms with Gasteiger partial charge >= 0.3 is 5.97 Å². The zero-order chi connectivity index (χ0) is 20.6. The van der Waals surface area contributed by atoms with Crippen LogP contribution in [0.1, 0.15) is 33.6 Å². The van der Waals surface area contributed by atoms with Crippen LogP contribution in [-0.4, -0.2) is 49.1 Å². The van der Waals surface area contributed by atoms with Crippen LogP contribution in [0.2, 0.25) is 0 Å². The van der Waals surface area contributed by atoms with Gasteiger partial charge in [-0.1, -0.05) is 32.0 Å². The van der Waals surface area contributed by atoms with Crippen LogP contribution >= 0.6 is 0 Å². The molecule has 1 aromatic carbocycles. The Kier molecular flexibility index (Phi) is 8.42. The monoisotopic (exact) mass is 398 g/mol. The van der Waals surface area contributed by atoms with Crippen LogP contribution in [-0.2, 0) is 24.2 Å². The van der Waals surface area contributed by atoms with E-state index in [2.05, 4.69) is 10.6 Å². The van der Waals surface area contributed by atoms with E-state index in [0.29, 0.717) is 6.42 Å². The molecule has 9 heteroatoms. The number of carbonyl (C=O) groups excluding carboxylic acids is 2. The van der Waals surface area contributed by atoms with Gasteiger partial charge in [-0.2, -0.15) is 0 Å². The summed E-state index contributed by atoms with van der Waals surface area (Å²) in [5.41, 5.74) is 0. The summed E-state index contributed by atoms with van der Waals surface area (Å²) in [6.45, 7) is 4.99.